The van der Waals surface area contributed by atoms with Gasteiger partial charge >= 0.3 is 5.97 Å². The SMILES string of the molecule is CC(=O)NCC[C@H](Oc1cccc2ccoc12)c1cccs1.CNCC[C@H](Oc1ccc2sccc2c1)c1cccs1.CNCC[C@H](Oc1cccc2ccoc12)c1cnco1.CNCC[C@H](Oc1cccc2occc12)c1ccoc1.COC(=O)C1CCCN1CC[C@H](Oc1cccc2ccoc12)c1cccs1.C[C@H]1CCCN1CC[C@H](Oc1cccc2ccoc12)c1cccs1.S.S. The third-order valence-electron chi connectivity index (χ3n) is 23.0. The maximum atomic E-state index is 12.0. The third kappa shape index (κ3) is 28.1. The highest BCUT2D eigenvalue weighted by molar-refractivity contribution is 7.59. The van der Waals surface area contributed by atoms with Crippen LogP contribution in [0.1, 0.15) is 146 Å². The number of carbonyl (C=O) groups is 2. The fourth-order valence-corrected chi connectivity index (χ4v) is 20.1. The van der Waals surface area contributed by atoms with E-state index in [4.69, 9.17) is 64.1 Å². The average molecular weight is 1960 g/mol. The predicted molar refractivity (Wildman–Crippen MR) is 551 cm³/mol. The van der Waals surface area contributed by atoms with Gasteiger partial charge in [0.2, 0.25) is 5.91 Å². The second kappa shape index (κ2) is 52.6. The summed E-state index contributed by atoms with van der Waals surface area (Å²) in [4.78, 5) is 36.7. The van der Waals surface area contributed by atoms with E-state index in [-0.39, 0.29) is 81.5 Å². The van der Waals surface area contributed by atoms with Crippen molar-refractivity contribution in [3.8, 4) is 34.5 Å². The Balaban J connectivity index is 0.000000137. The molecule has 135 heavy (non-hydrogen) atoms. The number of carbonyl (C=O) groups excluding carboxylic acids is 2. The fraction of sp³-hybridized carbons (Fsp3) is 0.305. The summed E-state index contributed by atoms with van der Waals surface area (Å²) in [5.41, 5.74) is 4.99. The summed E-state index contributed by atoms with van der Waals surface area (Å²) in [6.07, 6.45) is 24.3. The number of thiophene rings is 5. The maximum Gasteiger partial charge on any atom is 0.323 e. The van der Waals surface area contributed by atoms with E-state index in [0.29, 0.717) is 30.5 Å². The fourth-order valence-electron chi connectivity index (χ4n) is 16.2. The zero-order chi connectivity index (χ0) is 91.7. The largest absolute Gasteiger partial charge is 0.485 e. The zero-order valence-corrected chi connectivity index (χ0v) is 82.5. The Morgan fingerprint density at radius 3 is 1.37 bits per heavy atom. The average Bonchev–Trinajstić information content (AvgIpc) is 1.70. The van der Waals surface area contributed by atoms with Gasteiger partial charge in [-0.15, -0.1) is 56.7 Å². The number of para-hydroxylation sites is 4. The van der Waals surface area contributed by atoms with E-state index in [1.165, 1.54) is 64.5 Å². The molecule has 23 nitrogen and oxygen atoms in total. The molecule has 0 radical (unpaired) electrons. The first-order valence-corrected chi connectivity index (χ1v) is 49.4. The molecule has 30 heteroatoms. The number of methoxy groups -OCH3 is 1. The number of fused-ring (bicyclic) bond motifs is 6. The van der Waals surface area contributed by atoms with Gasteiger partial charge in [0.25, 0.3) is 0 Å². The molecule has 2 aliphatic rings. The molecular weight excluding hydrogens is 1840 g/mol. The minimum absolute atomic E-state index is 0. The van der Waals surface area contributed by atoms with Crippen LogP contribution >= 0.6 is 83.7 Å². The van der Waals surface area contributed by atoms with Crippen LogP contribution in [0.25, 0.3) is 64.9 Å². The Kier molecular flexibility index (Phi) is 39.3. The van der Waals surface area contributed by atoms with E-state index in [1.54, 1.807) is 107 Å². The number of likely N-dealkylation sites (tertiary alicyclic amines) is 2. The first kappa shape index (κ1) is 101. The standard InChI is InChI=1S/C21H23NO4S.C20H23NO2S.C17H17NO3S.C16H17NO3.C16H17NOS2.C15H16N2O3.2H2S/c1-24-21(23)16-6-3-11-22(16)12-9-17(19-8-4-14-27-19)26-18-7-2-5-15-10-13-25-20(15)18;1-15-5-3-11-21(15)12-9-17(19-8-4-14-24-19)23-18-7-2-6-16-10-13-22-20(16)18;1-12(19)18-9-7-14(16-6-3-11-22-16)21-15-5-2-4-13-8-10-20-17(13)15;1-17-8-5-14(12-6-9-18-11-12)20-16-4-2-3-15-13(16)7-10-19-15;1-17-8-6-14(16-3-2-9-19-16)18-13-4-5-15-12(11-13)7-10-20-15;1-16-7-5-12(14-9-17-10-19-14)20-13-4-2-3-11-6-8-18-15(11)13;;/h2,4-5,7-8,10,13-14,16-17H,3,6,9,11-12H2,1H3;2,4,6-8,10,13-15,17H,3,5,9,11-12H2,1H3;2-6,8,10-11,14H,7,9H2,1H3,(H,18,19);2-4,6-7,9-11,14,17H,5,8H2,1H3;2-5,7,9-11,14,17H,6,8H2,1H3;2-4,6,8-10,12,16H,5,7H2,1H3;2*1H2/t16?,17-;15-,17-;3*14-;12-;;/m000000../s1. The van der Waals surface area contributed by atoms with Gasteiger partial charge in [-0.3, -0.25) is 14.5 Å². The maximum absolute atomic E-state index is 12.0. The van der Waals surface area contributed by atoms with Crippen LogP contribution in [0.4, 0.5) is 0 Å². The molecule has 0 spiro atoms. The molecule has 2 aliphatic heterocycles. The van der Waals surface area contributed by atoms with Crippen molar-refractivity contribution in [2.75, 3.05) is 80.6 Å². The molecule has 710 valence electrons. The molecular formula is C105H117N7O16S7. The lowest BCUT2D eigenvalue weighted by Gasteiger charge is -2.25. The van der Waals surface area contributed by atoms with Crippen molar-refractivity contribution in [1.29, 1.82) is 0 Å². The number of rotatable bonds is 37. The predicted octanol–water partition coefficient (Wildman–Crippen LogP) is 26.1. The van der Waals surface area contributed by atoms with E-state index >= 15 is 0 Å². The number of nitrogens with one attached hydrogen (secondary N) is 4. The van der Waals surface area contributed by atoms with Gasteiger partial charge in [0, 0.05) is 122 Å². The van der Waals surface area contributed by atoms with Crippen LogP contribution in [-0.4, -0.2) is 119 Å². The normalized spacial score (nSPS) is 14.9. The number of amides is 1. The van der Waals surface area contributed by atoms with E-state index in [2.05, 4.69) is 125 Å². The van der Waals surface area contributed by atoms with Gasteiger partial charge in [0.1, 0.15) is 53.6 Å². The minimum atomic E-state index is -0.194. The second-order valence-corrected chi connectivity index (χ2v) is 36.9. The van der Waals surface area contributed by atoms with E-state index in [1.807, 2.05) is 166 Å². The molecule has 1 unspecified atom stereocenters. The minimum Gasteiger partial charge on any atom is -0.485 e. The lowest BCUT2D eigenvalue weighted by molar-refractivity contribution is -0.146. The molecule has 6 aromatic carbocycles. The third-order valence-corrected chi connectivity index (χ3v) is 27.8. The first-order valence-electron chi connectivity index (χ1n) is 45.0. The van der Waals surface area contributed by atoms with Crippen molar-refractivity contribution in [1.82, 2.24) is 36.1 Å². The van der Waals surface area contributed by atoms with Crippen molar-refractivity contribution in [2.24, 2.45) is 0 Å². The number of oxazole rings is 1. The molecule has 18 aromatic rings. The Morgan fingerprint density at radius 1 is 0.437 bits per heavy atom. The molecule has 14 heterocycles. The lowest BCUT2D eigenvalue weighted by atomic mass is 10.1. The summed E-state index contributed by atoms with van der Waals surface area (Å²) < 4.78 is 81.9. The summed E-state index contributed by atoms with van der Waals surface area (Å²) in [5, 5.41) is 29.1. The number of furan rings is 6. The van der Waals surface area contributed by atoms with Crippen LogP contribution in [0.5, 0.6) is 34.5 Å². The second-order valence-electron chi connectivity index (χ2n) is 32.0. The molecule has 12 aromatic heterocycles. The number of hydrogen-bond acceptors (Lipinski definition) is 27. The van der Waals surface area contributed by atoms with Crippen molar-refractivity contribution < 1.29 is 73.7 Å². The Morgan fingerprint density at radius 2 is 0.896 bits per heavy atom. The van der Waals surface area contributed by atoms with Crippen LogP contribution in [0, 0.1) is 0 Å². The summed E-state index contributed by atoms with van der Waals surface area (Å²) in [7, 11) is 7.28. The van der Waals surface area contributed by atoms with Gasteiger partial charge < -0.3 is 90.2 Å². The summed E-state index contributed by atoms with van der Waals surface area (Å²) in [6.45, 7) is 11.1. The van der Waals surface area contributed by atoms with Crippen LogP contribution in [0.2, 0.25) is 0 Å². The quantitative estimate of drug-likeness (QED) is 0.0264. The molecule has 20 rings (SSSR count). The highest BCUT2D eigenvalue weighted by atomic mass is 32.1. The molecule has 8 atom stereocenters. The monoisotopic (exact) mass is 1960 g/mol. The zero-order valence-electron chi connectivity index (χ0n) is 76.4. The Hall–Kier alpha value is -11.5. The summed E-state index contributed by atoms with van der Waals surface area (Å²) >= 11 is 8.62. The summed E-state index contributed by atoms with van der Waals surface area (Å²) in [6, 6.07) is 66.9. The highest BCUT2D eigenvalue weighted by Gasteiger charge is 2.33. The number of benzene rings is 6. The highest BCUT2D eigenvalue weighted by Crippen LogP contribution is 2.41. The molecule has 0 bridgehead atoms. The number of aromatic nitrogens is 1. The van der Waals surface area contributed by atoms with E-state index in [0.717, 1.165) is 178 Å². The van der Waals surface area contributed by atoms with Gasteiger partial charge in [0.15, 0.2) is 63.6 Å². The number of hydrogen-bond donors (Lipinski definition) is 4. The Labute approximate surface area is 820 Å². The van der Waals surface area contributed by atoms with Gasteiger partial charge in [-0.2, -0.15) is 27.0 Å². The molecule has 1 amide bonds. The van der Waals surface area contributed by atoms with Gasteiger partial charge in [0.05, 0.1) is 62.5 Å². The van der Waals surface area contributed by atoms with Crippen LogP contribution < -0.4 is 49.7 Å². The van der Waals surface area contributed by atoms with Crippen molar-refractivity contribution in [3.63, 3.8) is 0 Å². The number of nitrogens with zero attached hydrogens (tertiary/aromatic N) is 3. The van der Waals surface area contributed by atoms with E-state index in [9.17, 15) is 9.59 Å². The first-order chi connectivity index (χ1) is 65.4. The van der Waals surface area contributed by atoms with Crippen LogP contribution in [-0.2, 0) is 14.3 Å². The van der Waals surface area contributed by atoms with Crippen molar-refractivity contribution in [3.05, 3.63) is 314 Å². The molecule has 2 fully saturated rings. The van der Waals surface area contributed by atoms with Crippen LogP contribution in [0.15, 0.2) is 314 Å². The number of esters is 1. The Bertz CT molecular complexity index is 6270. The molecule has 0 saturated carbocycles. The van der Waals surface area contributed by atoms with Gasteiger partial charge in [-0.1, -0.05) is 78.9 Å². The molecule has 2 saturated heterocycles. The molecule has 4 N–H and O–H groups in total. The summed E-state index contributed by atoms with van der Waals surface area (Å²) in [5.74, 6) is 5.35. The van der Waals surface area contributed by atoms with Crippen molar-refractivity contribution in [2.45, 2.75) is 127 Å². The van der Waals surface area contributed by atoms with E-state index < -0.39 is 0 Å². The van der Waals surface area contributed by atoms with Crippen LogP contribution in [0.3, 0.4) is 0 Å². The van der Waals surface area contributed by atoms with Gasteiger partial charge in [-0.25, -0.2) is 4.98 Å². The smallest absolute Gasteiger partial charge is 0.323 e. The molecule has 0 aliphatic carbocycles. The van der Waals surface area contributed by atoms with Crippen molar-refractivity contribution >= 4 is 160 Å². The topological polar surface area (TPSA) is 258 Å². The lowest BCUT2D eigenvalue weighted by Crippen LogP contribution is -2.38. The van der Waals surface area contributed by atoms with Gasteiger partial charge in [-0.05, 0) is 240 Å². The number of ether oxygens (including phenoxy) is 7.